The van der Waals surface area contributed by atoms with E-state index in [4.69, 9.17) is 32.8 Å². The zero-order valence-electron chi connectivity index (χ0n) is 28.5. The van der Waals surface area contributed by atoms with Crippen LogP contribution in [-0.2, 0) is 33.5 Å². The van der Waals surface area contributed by atoms with Crippen molar-refractivity contribution in [1.82, 2.24) is 20.9 Å². The average molecular weight is 723 g/mol. The molecule has 2 heterocycles. The Bertz CT molecular complexity index is 1510. The van der Waals surface area contributed by atoms with Gasteiger partial charge in [-0.15, -0.1) is 0 Å². The molecule has 4 atom stereocenters. The summed E-state index contributed by atoms with van der Waals surface area (Å²) in [6.07, 6.45) is 2.32. The van der Waals surface area contributed by atoms with E-state index in [9.17, 15) is 28.8 Å². The summed E-state index contributed by atoms with van der Waals surface area (Å²) in [6, 6.07) is 1.63. The monoisotopic (exact) mass is 721 g/mol. The summed E-state index contributed by atoms with van der Waals surface area (Å²) < 4.78 is 5.25. The minimum absolute atomic E-state index is 0.0157. The summed E-state index contributed by atoms with van der Waals surface area (Å²) in [4.78, 5) is 85.6. The Balaban J connectivity index is 1.58. The molecule has 4 amide bonds. The fourth-order valence-electron chi connectivity index (χ4n) is 5.89. The van der Waals surface area contributed by atoms with Gasteiger partial charge in [0.15, 0.2) is 5.60 Å². The Kier molecular flexibility index (Phi) is 12.3. The molecule has 0 bridgehead atoms. The molecule has 13 nitrogen and oxygen atoms in total. The van der Waals surface area contributed by atoms with Crippen LogP contribution in [0.4, 0.5) is 4.79 Å². The van der Waals surface area contributed by atoms with Crippen LogP contribution in [0.15, 0.2) is 23.4 Å². The van der Waals surface area contributed by atoms with Gasteiger partial charge in [-0.2, -0.15) is 0 Å². The third-order valence-electron chi connectivity index (χ3n) is 8.71. The van der Waals surface area contributed by atoms with E-state index in [1.54, 1.807) is 39.0 Å². The van der Waals surface area contributed by atoms with E-state index in [-0.39, 0.29) is 50.7 Å². The molecule has 1 aromatic carbocycles. The van der Waals surface area contributed by atoms with Crippen LogP contribution in [-0.4, -0.2) is 88.9 Å². The molecule has 2 fully saturated rings. The van der Waals surface area contributed by atoms with Crippen molar-refractivity contribution in [1.29, 1.82) is 0 Å². The number of rotatable bonds is 14. The highest BCUT2D eigenvalue weighted by atomic mass is 35.5. The molecule has 3 aliphatic rings. The maximum absolute atomic E-state index is 14.4. The van der Waals surface area contributed by atoms with Crippen LogP contribution in [0.3, 0.4) is 0 Å². The molecule has 49 heavy (non-hydrogen) atoms. The van der Waals surface area contributed by atoms with Gasteiger partial charge in [0, 0.05) is 30.9 Å². The van der Waals surface area contributed by atoms with Crippen molar-refractivity contribution < 1.29 is 38.3 Å². The van der Waals surface area contributed by atoms with E-state index in [0.717, 1.165) is 12.8 Å². The topological polar surface area (TPSA) is 173 Å². The normalized spacial score (nSPS) is 21.3. The number of carbonyl (C=O) groups is 6. The number of ether oxygens (including phenoxy) is 1. The Morgan fingerprint density at radius 1 is 1.10 bits per heavy atom. The third-order valence-corrected chi connectivity index (χ3v) is 9.44. The molecular weight excluding hydrogens is 677 g/mol. The molecule has 0 radical (unpaired) electrons. The van der Waals surface area contributed by atoms with Gasteiger partial charge in [-0.1, -0.05) is 68.5 Å². The Morgan fingerprint density at radius 2 is 1.82 bits per heavy atom. The maximum atomic E-state index is 14.4. The fraction of sp³-hybridized carbons (Fsp3) is 0.618. The second-order valence-electron chi connectivity index (χ2n) is 14.2. The molecular formula is C34H45Cl2N5O8. The molecule has 3 N–H and O–H groups in total. The number of Topliss-reactive ketones (excluding diaryl/α,β-unsaturated/α-hetero) is 2. The van der Waals surface area contributed by atoms with E-state index < -0.39 is 58.7 Å². The largest absolute Gasteiger partial charge is 0.450 e. The highest BCUT2D eigenvalue weighted by Crippen LogP contribution is 2.40. The molecule has 15 heteroatoms. The third kappa shape index (κ3) is 9.94. The van der Waals surface area contributed by atoms with Gasteiger partial charge in [-0.05, 0) is 50.2 Å². The number of oxime groups is 1. The quantitative estimate of drug-likeness (QED) is 0.190. The second kappa shape index (κ2) is 15.9. The van der Waals surface area contributed by atoms with E-state index >= 15 is 0 Å². The van der Waals surface area contributed by atoms with Crippen LogP contribution in [0, 0.1) is 5.41 Å². The van der Waals surface area contributed by atoms with Crippen molar-refractivity contribution in [2.75, 3.05) is 13.2 Å². The van der Waals surface area contributed by atoms with Gasteiger partial charge in [-0.25, -0.2) is 4.79 Å². The predicted octanol–water partition coefficient (Wildman–Crippen LogP) is 4.10. The second-order valence-corrected chi connectivity index (χ2v) is 15.0. The van der Waals surface area contributed by atoms with Crippen LogP contribution in [0.25, 0.3) is 0 Å². The number of hydrogen-bond acceptors (Lipinski definition) is 9. The molecule has 268 valence electrons. The molecule has 2 aliphatic heterocycles. The molecule has 1 aliphatic carbocycles. The van der Waals surface area contributed by atoms with E-state index in [0.29, 0.717) is 34.2 Å². The van der Waals surface area contributed by atoms with Gasteiger partial charge in [-0.3, -0.25) is 19.2 Å². The summed E-state index contributed by atoms with van der Waals surface area (Å²) in [5.41, 5.74) is -0.731. The minimum Gasteiger partial charge on any atom is -0.450 e. The lowest BCUT2D eigenvalue weighted by atomic mass is 9.85. The number of likely N-dealkylation sites (tertiary alicyclic amines) is 1. The first-order chi connectivity index (χ1) is 23.0. The lowest BCUT2D eigenvalue weighted by Crippen LogP contribution is -2.59. The summed E-state index contributed by atoms with van der Waals surface area (Å²) >= 11 is 12.4. The number of amides is 4. The molecule has 4 rings (SSSR count). The summed E-state index contributed by atoms with van der Waals surface area (Å²) in [5, 5.41) is 13.1. The maximum Gasteiger partial charge on any atom is 0.407 e. The molecule has 1 aromatic rings. The van der Waals surface area contributed by atoms with E-state index in [2.05, 4.69) is 21.1 Å². The Hall–Kier alpha value is -3.71. The minimum atomic E-state index is -1.13. The van der Waals surface area contributed by atoms with Gasteiger partial charge in [0.25, 0.3) is 5.91 Å². The fourth-order valence-corrected chi connectivity index (χ4v) is 6.19. The molecule has 1 saturated carbocycles. The van der Waals surface area contributed by atoms with Crippen molar-refractivity contribution in [3.63, 3.8) is 0 Å². The highest BCUT2D eigenvalue weighted by molar-refractivity contribution is 6.42. The molecule has 0 unspecified atom stereocenters. The lowest BCUT2D eigenvalue weighted by molar-refractivity contribution is -0.144. The zero-order chi connectivity index (χ0) is 36.1. The van der Waals surface area contributed by atoms with Gasteiger partial charge in [0.05, 0.1) is 35.0 Å². The number of halogens is 2. The Labute approximate surface area is 296 Å². The SMILES string of the molecule is CCC[C@H](NC(=O)[C@@H]1C[C@]2(CC(c3ccc(Cl)c(Cl)c3)=NO2)CN1C(=O)[C@@H](NC(=O)OCCCC(C)=O)C(C)(C)C)C(=O)C(=O)NC1CC1. The van der Waals surface area contributed by atoms with Crippen molar-refractivity contribution >= 4 is 64.3 Å². The average Bonchev–Trinajstić information content (AvgIpc) is 3.63. The molecule has 0 aromatic heterocycles. The number of alkyl carbamates (subject to hydrolysis) is 1. The number of hydrogen-bond donors (Lipinski definition) is 3. The first-order valence-corrected chi connectivity index (χ1v) is 17.4. The Morgan fingerprint density at radius 3 is 2.43 bits per heavy atom. The van der Waals surface area contributed by atoms with Gasteiger partial charge in [0.2, 0.25) is 17.6 Å². The first-order valence-electron chi connectivity index (χ1n) is 16.6. The number of carbonyl (C=O) groups excluding carboxylic acids is 6. The summed E-state index contributed by atoms with van der Waals surface area (Å²) in [5.74, 6) is -2.75. The van der Waals surface area contributed by atoms with Crippen LogP contribution < -0.4 is 16.0 Å². The summed E-state index contributed by atoms with van der Waals surface area (Å²) in [6.45, 7) is 8.49. The summed E-state index contributed by atoms with van der Waals surface area (Å²) in [7, 11) is 0. The van der Waals surface area contributed by atoms with Crippen molar-refractivity contribution in [2.24, 2.45) is 10.6 Å². The van der Waals surface area contributed by atoms with Gasteiger partial charge < -0.3 is 35.2 Å². The molecule has 1 spiro atoms. The van der Waals surface area contributed by atoms with Crippen molar-refractivity contribution in [3.05, 3.63) is 33.8 Å². The van der Waals surface area contributed by atoms with E-state index in [1.807, 2.05) is 6.92 Å². The van der Waals surface area contributed by atoms with Gasteiger partial charge in [0.1, 0.15) is 17.9 Å². The number of nitrogens with zero attached hydrogens (tertiary/aromatic N) is 2. The van der Waals surface area contributed by atoms with Crippen molar-refractivity contribution in [2.45, 2.75) is 116 Å². The van der Waals surface area contributed by atoms with Crippen LogP contribution in [0.1, 0.15) is 91.5 Å². The predicted molar refractivity (Wildman–Crippen MR) is 182 cm³/mol. The highest BCUT2D eigenvalue weighted by Gasteiger charge is 2.55. The number of nitrogens with one attached hydrogen (secondary N) is 3. The molecule has 1 saturated heterocycles. The first kappa shape index (κ1) is 38.1. The van der Waals surface area contributed by atoms with E-state index in [1.165, 1.54) is 11.8 Å². The number of ketones is 2. The lowest BCUT2D eigenvalue weighted by Gasteiger charge is -2.35. The van der Waals surface area contributed by atoms with Crippen LogP contribution in [0.5, 0.6) is 0 Å². The van der Waals surface area contributed by atoms with Crippen LogP contribution >= 0.6 is 23.2 Å². The number of benzene rings is 1. The van der Waals surface area contributed by atoms with Crippen molar-refractivity contribution in [3.8, 4) is 0 Å². The van der Waals surface area contributed by atoms with Crippen LogP contribution in [0.2, 0.25) is 10.0 Å². The standard InChI is InChI=1S/C34H45Cl2N5O8/c1-6-8-24(27(43)30(45)37-21-11-12-21)38-29(44)26-17-34(16-25(40-49-34)20-10-13-22(35)23(36)15-20)18-41(26)31(46)28(33(3,4)5)39-32(47)48-14-7-9-19(2)42/h10,13,15,21,24,26,28H,6-9,11-12,14,16-18H2,1-5H3,(H,37,45)(H,38,44)(H,39,47)/t24-,26-,28+,34+/m0/s1. The smallest absolute Gasteiger partial charge is 0.407 e. The van der Waals surface area contributed by atoms with Gasteiger partial charge >= 0.3 is 6.09 Å². The zero-order valence-corrected chi connectivity index (χ0v) is 30.0.